The number of carbonyl (C=O) groups is 1. The van der Waals surface area contributed by atoms with E-state index in [1.165, 1.54) is 0 Å². The predicted molar refractivity (Wildman–Crippen MR) is 70.7 cm³/mol. The Balaban J connectivity index is 1.64. The smallest absolute Gasteiger partial charge is 0.428 e. The largest absolute Gasteiger partial charge is 0.535 e. The van der Waals surface area contributed by atoms with Crippen LogP contribution in [0, 0.1) is 0 Å². The summed E-state index contributed by atoms with van der Waals surface area (Å²) >= 11 is 0. The van der Waals surface area contributed by atoms with E-state index in [1.54, 1.807) is 18.2 Å². The first kappa shape index (κ1) is 12.2. The second-order valence-corrected chi connectivity index (χ2v) is 4.07. The van der Waals surface area contributed by atoms with Gasteiger partial charge in [-0.1, -0.05) is 47.3 Å². The average molecular weight is 269 g/mol. The Kier molecular flexibility index (Phi) is 3.28. The summed E-state index contributed by atoms with van der Waals surface area (Å²) in [4.78, 5) is 17.6. The van der Waals surface area contributed by atoms with E-state index in [2.05, 4.69) is 10.3 Å². The molecule has 0 radical (unpaired) electrons. The van der Waals surface area contributed by atoms with Crippen molar-refractivity contribution >= 4 is 17.2 Å². The Bertz CT molecular complexity index is 725. The van der Waals surface area contributed by atoms with Gasteiger partial charge in [-0.25, -0.2) is 4.79 Å². The highest BCUT2D eigenvalue weighted by Gasteiger charge is 2.10. The van der Waals surface area contributed by atoms with Crippen molar-refractivity contribution in [2.75, 3.05) is 0 Å². The normalized spacial score (nSPS) is 10.4. The van der Waals surface area contributed by atoms with Gasteiger partial charge < -0.3 is 4.74 Å². The van der Waals surface area contributed by atoms with Gasteiger partial charge in [0, 0.05) is 0 Å². The molecule has 0 aliphatic carbocycles. The first-order valence-corrected chi connectivity index (χ1v) is 6.02. The number of benzene rings is 2. The summed E-state index contributed by atoms with van der Waals surface area (Å²) in [5.41, 5.74) is 2.13. The summed E-state index contributed by atoms with van der Waals surface area (Å²) < 4.78 is 5.00. The fourth-order valence-corrected chi connectivity index (χ4v) is 1.73. The number of hydrogen-bond acceptors (Lipinski definition) is 5. The van der Waals surface area contributed by atoms with Crippen LogP contribution in [0.5, 0.6) is 0 Å². The molecule has 0 aliphatic rings. The number of ether oxygens (including phenoxy) is 1. The van der Waals surface area contributed by atoms with Crippen LogP contribution in [0.25, 0.3) is 11.0 Å². The monoisotopic (exact) mass is 269 g/mol. The fraction of sp³-hybridized carbons (Fsp3) is 0.0714. The van der Waals surface area contributed by atoms with Gasteiger partial charge in [-0.2, -0.15) is 0 Å². The summed E-state index contributed by atoms with van der Waals surface area (Å²) in [6.45, 7) is 0.145. The van der Waals surface area contributed by atoms with Gasteiger partial charge in [-0.05, 0) is 22.9 Å². The lowest BCUT2D eigenvalue weighted by Crippen LogP contribution is -2.21. The number of carbonyl (C=O) groups excluding carboxylic acids is 1. The molecule has 0 bridgehead atoms. The van der Waals surface area contributed by atoms with Crippen molar-refractivity contribution < 1.29 is 14.4 Å². The van der Waals surface area contributed by atoms with Gasteiger partial charge in [-0.3, -0.25) is 4.84 Å². The molecule has 0 fully saturated rings. The molecule has 6 heteroatoms. The first-order valence-electron chi connectivity index (χ1n) is 6.02. The summed E-state index contributed by atoms with van der Waals surface area (Å²) in [7, 11) is 0. The minimum atomic E-state index is -0.829. The second kappa shape index (κ2) is 5.40. The highest BCUT2D eigenvalue weighted by molar-refractivity contribution is 5.74. The molecule has 0 amide bonds. The molecule has 0 spiro atoms. The Morgan fingerprint density at radius 1 is 1.05 bits per heavy atom. The van der Waals surface area contributed by atoms with Gasteiger partial charge in [0.1, 0.15) is 17.6 Å². The standard InChI is InChI=1S/C14H11N3O3/c18-14(19-10-11-6-2-1-3-7-11)20-17-13-9-5-4-8-12(13)15-16-17/h1-9H,10H2. The molecule has 3 rings (SSSR count). The van der Waals surface area contributed by atoms with Crippen molar-refractivity contribution in [1.29, 1.82) is 0 Å². The van der Waals surface area contributed by atoms with E-state index in [4.69, 9.17) is 9.57 Å². The van der Waals surface area contributed by atoms with E-state index in [0.29, 0.717) is 11.0 Å². The third kappa shape index (κ3) is 2.59. The lowest BCUT2D eigenvalue weighted by Gasteiger charge is -2.05. The van der Waals surface area contributed by atoms with Crippen LogP contribution in [-0.2, 0) is 11.3 Å². The van der Waals surface area contributed by atoms with Crippen molar-refractivity contribution in [2.24, 2.45) is 0 Å². The SMILES string of the molecule is O=C(OCc1ccccc1)On1nnc2ccccc21. The molecule has 0 saturated heterocycles. The topological polar surface area (TPSA) is 66.2 Å². The summed E-state index contributed by atoms with van der Waals surface area (Å²) in [5, 5.41) is 7.60. The Morgan fingerprint density at radius 3 is 2.65 bits per heavy atom. The van der Waals surface area contributed by atoms with Crippen molar-refractivity contribution in [1.82, 2.24) is 15.2 Å². The Hall–Kier alpha value is -2.89. The maximum absolute atomic E-state index is 11.6. The van der Waals surface area contributed by atoms with Gasteiger partial charge in [0.15, 0.2) is 0 Å². The summed E-state index contributed by atoms with van der Waals surface area (Å²) in [6, 6.07) is 16.5. The van der Waals surface area contributed by atoms with E-state index in [0.717, 1.165) is 10.4 Å². The number of para-hydroxylation sites is 1. The molecule has 2 aromatic carbocycles. The molecule has 6 nitrogen and oxygen atoms in total. The van der Waals surface area contributed by atoms with Crippen LogP contribution < -0.4 is 4.84 Å². The van der Waals surface area contributed by atoms with E-state index >= 15 is 0 Å². The van der Waals surface area contributed by atoms with Crippen LogP contribution in [0.1, 0.15) is 5.56 Å². The molecule has 0 aliphatic heterocycles. The number of nitrogens with zero attached hydrogens (tertiary/aromatic N) is 3. The number of fused-ring (bicyclic) bond motifs is 1. The third-order valence-corrected chi connectivity index (χ3v) is 2.68. The molecule has 20 heavy (non-hydrogen) atoms. The molecule has 100 valence electrons. The van der Waals surface area contributed by atoms with Crippen molar-refractivity contribution in [3.8, 4) is 0 Å². The molecular weight excluding hydrogens is 258 g/mol. The van der Waals surface area contributed by atoms with E-state index in [1.807, 2.05) is 36.4 Å². The molecule has 1 aromatic heterocycles. The van der Waals surface area contributed by atoms with E-state index < -0.39 is 6.16 Å². The average Bonchev–Trinajstić information content (AvgIpc) is 2.90. The van der Waals surface area contributed by atoms with Crippen LogP contribution >= 0.6 is 0 Å². The summed E-state index contributed by atoms with van der Waals surface area (Å²) in [5.74, 6) is 0. The Labute approximate surface area is 114 Å². The highest BCUT2D eigenvalue weighted by Crippen LogP contribution is 2.08. The van der Waals surface area contributed by atoms with Gasteiger partial charge in [0.25, 0.3) is 0 Å². The molecule has 0 N–H and O–H groups in total. The molecular formula is C14H11N3O3. The molecule has 0 saturated carbocycles. The van der Waals surface area contributed by atoms with Gasteiger partial charge in [-0.15, -0.1) is 5.10 Å². The minimum Gasteiger partial charge on any atom is -0.428 e. The Morgan fingerprint density at radius 2 is 1.80 bits per heavy atom. The zero-order chi connectivity index (χ0) is 13.8. The van der Waals surface area contributed by atoms with Gasteiger partial charge in [0.05, 0.1) is 0 Å². The van der Waals surface area contributed by atoms with Crippen molar-refractivity contribution in [3.05, 3.63) is 60.2 Å². The predicted octanol–water partition coefficient (Wildman–Crippen LogP) is 2.20. The molecule has 3 aromatic rings. The van der Waals surface area contributed by atoms with Crippen LogP contribution in [0.4, 0.5) is 4.79 Å². The zero-order valence-corrected chi connectivity index (χ0v) is 10.5. The maximum Gasteiger partial charge on any atom is 0.535 e. The van der Waals surface area contributed by atoms with Crippen LogP contribution in [0.2, 0.25) is 0 Å². The van der Waals surface area contributed by atoms with Crippen LogP contribution in [0.3, 0.4) is 0 Å². The number of hydrogen-bond donors (Lipinski definition) is 0. The van der Waals surface area contributed by atoms with Crippen molar-refractivity contribution in [2.45, 2.75) is 6.61 Å². The second-order valence-electron chi connectivity index (χ2n) is 4.07. The molecule has 0 atom stereocenters. The van der Waals surface area contributed by atoms with Crippen LogP contribution in [0.15, 0.2) is 54.6 Å². The minimum absolute atomic E-state index is 0.145. The van der Waals surface area contributed by atoms with E-state index in [-0.39, 0.29) is 6.61 Å². The lowest BCUT2D eigenvalue weighted by atomic mass is 10.2. The molecule has 1 heterocycles. The maximum atomic E-state index is 11.6. The van der Waals surface area contributed by atoms with Crippen molar-refractivity contribution in [3.63, 3.8) is 0 Å². The first-order chi connectivity index (χ1) is 9.83. The van der Waals surface area contributed by atoms with E-state index in [9.17, 15) is 4.79 Å². The van der Waals surface area contributed by atoms with Gasteiger partial charge >= 0.3 is 6.16 Å². The fourth-order valence-electron chi connectivity index (χ4n) is 1.73. The molecule has 0 unspecified atom stereocenters. The number of rotatable bonds is 3. The summed E-state index contributed by atoms with van der Waals surface area (Å²) in [6.07, 6.45) is -0.829. The van der Waals surface area contributed by atoms with Crippen LogP contribution in [-0.4, -0.2) is 21.3 Å². The highest BCUT2D eigenvalue weighted by atomic mass is 16.8. The zero-order valence-electron chi connectivity index (χ0n) is 10.5. The van der Waals surface area contributed by atoms with Gasteiger partial charge in [0.2, 0.25) is 0 Å². The quantitative estimate of drug-likeness (QED) is 0.538. The number of aromatic nitrogens is 3. The lowest BCUT2D eigenvalue weighted by molar-refractivity contribution is 0.0347. The third-order valence-electron chi connectivity index (χ3n) is 2.68.